The largest absolute Gasteiger partial charge is 0.324 e. The molecule has 0 aliphatic carbocycles. The van der Waals surface area contributed by atoms with Crippen LogP contribution < -0.4 is 5.32 Å². The van der Waals surface area contributed by atoms with Gasteiger partial charge in [-0.25, -0.2) is 0 Å². The summed E-state index contributed by atoms with van der Waals surface area (Å²) < 4.78 is 0. The molecule has 4 nitrogen and oxygen atoms in total. The van der Waals surface area contributed by atoms with Crippen LogP contribution in [0.1, 0.15) is 18.4 Å². The van der Waals surface area contributed by atoms with Crippen molar-refractivity contribution in [2.75, 3.05) is 18.4 Å². The lowest BCUT2D eigenvalue weighted by Gasteiger charge is -2.32. The number of anilines is 1. The van der Waals surface area contributed by atoms with Crippen molar-refractivity contribution in [2.24, 2.45) is 5.92 Å². The molecule has 1 aromatic heterocycles. The SMILES string of the molecule is O=C(Nc1cccc2cccnc12)C1CCCN(Cc2ccccc2)C1. The molecule has 1 aliphatic heterocycles. The van der Waals surface area contributed by atoms with Gasteiger partial charge in [0.05, 0.1) is 17.1 Å². The Hall–Kier alpha value is -2.72. The second-order valence-electron chi connectivity index (χ2n) is 6.93. The van der Waals surface area contributed by atoms with Gasteiger partial charge in [0, 0.05) is 24.7 Å². The number of nitrogens with one attached hydrogen (secondary N) is 1. The number of nitrogens with zero attached hydrogens (tertiary/aromatic N) is 2. The van der Waals surface area contributed by atoms with E-state index in [1.807, 2.05) is 36.4 Å². The van der Waals surface area contributed by atoms with E-state index in [0.29, 0.717) is 0 Å². The number of rotatable bonds is 4. The fourth-order valence-electron chi connectivity index (χ4n) is 3.69. The normalized spacial score (nSPS) is 17.9. The number of carbonyl (C=O) groups is 1. The topological polar surface area (TPSA) is 45.2 Å². The van der Waals surface area contributed by atoms with E-state index in [1.165, 1.54) is 5.56 Å². The first-order valence-corrected chi connectivity index (χ1v) is 9.20. The summed E-state index contributed by atoms with van der Waals surface area (Å²) in [5.74, 6) is 0.118. The lowest BCUT2D eigenvalue weighted by Crippen LogP contribution is -2.40. The molecule has 0 radical (unpaired) electrons. The highest BCUT2D eigenvalue weighted by molar-refractivity contribution is 6.01. The first-order valence-electron chi connectivity index (χ1n) is 9.20. The average molecular weight is 345 g/mol. The third kappa shape index (κ3) is 3.75. The molecule has 2 heterocycles. The Morgan fingerprint density at radius 1 is 1.08 bits per heavy atom. The molecular weight excluding hydrogens is 322 g/mol. The first-order chi connectivity index (χ1) is 12.8. The maximum absolute atomic E-state index is 12.8. The molecule has 4 rings (SSSR count). The number of fused-ring (bicyclic) bond motifs is 1. The number of aromatic nitrogens is 1. The van der Waals surface area contributed by atoms with Crippen molar-refractivity contribution in [2.45, 2.75) is 19.4 Å². The van der Waals surface area contributed by atoms with Crippen LogP contribution in [0.2, 0.25) is 0 Å². The van der Waals surface area contributed by atoms with Crippen LogP contribution in [0.15, 0.2) is 66.9 Å². The van der Waals surface area contributed by atoms with E-state index in [1.54, 1.807) is 6.20 Å². The predicted octanol–water partition coefficient (Wildman–Crippen LogP) is 4.09. The Morgan fingerprint density at radius 2 is 1.92 bits per heavy atom. The zero-order valence-electron chi connectivity index (χ0n) is 14.8. The minimum absolute atomic E-state index is 0.0198. The third-order valence-electron chi connectivity index (χ3n) is 5.02. The molecule has 0 spiro atoms. The Bertz CT molecular complexity index is 889. The molecule has 1 atom stereocenters. The minimum Gasteiger partial charge on any atom is -0.324 e. The van der Waals surface area contributed by atoms with Gasteiger partial charge in [0.15, 0.2) is 0 Å². The maximum atomic E-state index is 12.8. The first kappa shape index (κ1) is 16.7. The van der Waals surface area contributed by atoms with Crippen molar-refractivity contribution in [3.8, 4) is 0 Å². The molecule has 1 N–H and O–H groups in total. The van der Waals surface area contributed by atoms with E-state index in [2.05, 4.69) is 39.5 Å². The van der Waals surface area contributed by atoms with Gasteiger partial charge in [0.2, 0.25) is 5.91 Å². The zero-order valence-corrected chi connectivity index (χ0v) is 14.8. The third-order valence-corrected chi connectivity index (χ3v) is 5.02. The zero-order chi connectivity index (χ0) is 17.8. The van der Waals surface area contributed by atoms with E-state index in [4.69, 9.17) is 0 Å². The summed E-state index contributed by atoms with van der Waals surface area (Å²) in [5.41, 5.74) is 2.94. The molecule has 26 heavy (non-hydrogen) atoms. The second-order valence-corrected chi connectivity index (χ2v) is 6.93. The fourth-order valence-corrected chi connectivity index (χ4v) is 3.69. The Kier molecular flexibility index (Phi) is 4.93. The summed E-state index contributed by atoms with van der Waals surface area (Å²) in [7, 11) is 0. The van der Waals surface area contributed by atoms with Crippen LogP contribution in [0, 0.1) is 5.92 Å². The van der Waals surface area contributed by atoms with E-state index in [0.717, 1.165) is 49.1 Å². The van der Waals surface area contributed by atoms with Gasteiger partial charge < -0.3 is 5.32 Å². The van der Waals surface area contributed by atoms with Crippen molar-refractivity contribution in [3.63, 3.8) is 0 Å². The molecule has 1 aliphatic rings. The van der Waals surface area contributed by atoms with Crippen LogP contribution in [0.5, 0.6) is 0 Å². The van der Waals surface area contributed by atoms with Gasteiger partial charge in [-0.15, -0.1) is 0 Å². The van der Waals surface area contributed by atoms with Gasteiger partial charge in [0.1, 0.15) is 0 Å². The standard InChI is InChI=1S/C22H23N3O/c26-22(24-20-12-4-9-18-10-5-13-23-21(18)20)19-11-6-14-25(16-19)15-17-7-2-1-3-8-17/h1-5,7-10,12-13,19H,6,11,14-16H2,(H,24,26). The van der Waals surface area contributed by atoms with Crippen LogP contribution in [0.25, 0.3) is 10.9 Å². The van der Waals surface area contributed by atoms with Crippen molar-refractivity contribution < 1.29 is 4.79 Å². The minimum atomic E-state index is 0.0198. The molecular formula is C22H23N3O. The molecule has 2 aromatic carbocycles. The molecule has 0 bridgehead atoms. The number of hydrogen-bond acceptors (Lipinski definition) is 3. The predicted molar refractivity (Wildman–Crippen MR) is 105 cm³/mol. The smallest absolute Gasteiger partial charge is 0.228 e. The van der Waals surface area contributed by atoms with Crippen molar-refractivity contribution >= 4 is 22.5 Å². The van der Waals surface area contributed by atoms with E-state index in [9.17, 15) is 4.79 Å². The van der Waals surface area contributed by atoms with E-state index < -0.39 is 0 Å². The molecule has 1 saturated heterocycles. The summed E-state index contributed by atoms with van der Waals surface area (Å²) in [6.45, 7) is 2.76. The number of likely N-dealkylation sites (tertiary alicyclic amines) is 1. The summed E-state index contributed by atoms with van der Waals surface area (Å²) >= 11 is 0. The number of piperidine rings is 1. The Labute approximate surface area is 153 Å². The van der Waals surface area contributed by atoms with Crippen LogP contribution >= 0.6 is 0 Å². The number of amides is 1. The maximum Gasteiger partial charge on any atom is 0.228 e. The number of benzene rings is 2. The van der Waals surface area contributed by atoms with Crippen molar-refractivity contribution in [1.82, 2.24) is 9.88 Å². The van der Waals surface area contributed by atoms with Crippen LogP contribution in [0.4, 0.5) is 5.69 Å². The van der Waals surface area contributed by atoms with Crippen LogP contribution in [-0.2, 0) is 11.3 Å². The highest BCUT2D eigenvalue weighted by atomic mass is 16.1. The molecule has 1 amide bonds. The summed E-state index contributed by atoms with van der Waals surface area (Å²) in [4.78, 5) is 19.6. The Morgan fingerprint density at radius 3 is 2.81 bits per heavy atom. The Balaban J connectivity index is 1.44. The molecule has 4 heteroatoms. The van der Waals surface area contributed by atoms with Gasteiger partial charge >= 0.3 is 0 Å². The average Bonchev–Trinajstić information content (AvgIpc) is 2.69. The fraction of sp³-hybridized carbons (Fsp3) is 0.273. The monoisotopic (exact) mass is 345 g/mol. The summed E-state index contributed by atoms with van der Waals surface area (Å²) in [6.07, 6.45) is 3.76. The van der Waals surface area contributed by atoms with Gasteiger partial charge in [-0.1, -0.05) is 48.5 Å². The van der Waals surface area contributed by atoms with Crippen LogP contribution in [0.3, 0.4) is 0 Å². The van der Waals surface area contributed by atoms with E-state index >= 15 is 0 Å². The van der Waals surface area contributed by atoms with Gasteiger partial charge in [0.25, 0.3) is 0 Å². The quantitative estimate of drug-likeness (QED) is 0.775. The molecule has 1 unspecified atom stereocenters. The molecule has 3 aromatic rings. The molecule has 132 valence electrons. The highest BCUT2D eigenvalue weighted by Gasteiger charge is 2.26. The summed E-state index contributed by atoms with van der Waals surface area (Å²) in [6, 6.07) is 20.3. The number of pyridine rings is 1. The number of para-hydroxylation sites is 1. The van der Waals surface area contributed by atoms with E-state index in [-0.39, 0.29) is 11.8 Å². The number of carbonyl (C=O) groups excluding carboxylic acids is 1. The lowest BCUT2D eigenvalue weighted by atomic mass is 9.96. The molecule has 0 saturated carbocycles. The highest BCUT2D eigenvalue weighted by Crippen LogP contribution is 2.24. The lowest BCUT2D eigenvalue weighted by molar-refractivity contribution is -0.121. The number of hydrogen-bond donors (Lipinski definition) is 1. The van der Waals surface area contributed by atoms with Crippen molar-refractivity contribution in [3.05, 3.63) is 72.4 Å². The van der Waals surface area contributed by atoms with Gasteiger partial charge in [-0.3, -0.25) is 14.7 Å². The molecule has 1 fully saturated rings. The van der Waals surface area contributed by atoms with Crippen molar-refractivity contribution in [1.29, 1.82) is 0 Å². The van der Waals surface area contributed by atoms with Gasteiger partial charge in [-0.05, 0) is 37.1 Å². The summed E-state index contributed by atoms with van der Waals surface area (Å²) in [5, 5.41) is 4.15. The van der Waals surface area contributed by atoms with Crippen LogP contribution in [-0.4, -0.2) is 28.9 Å². The second kappa shape index (κ2) is 7.67. The van der Waals surface area contributed by atoms with Gasteiger partial charge in [-0.2, -0.15) is 0 Å².